The van der Waals surface area contributed by atoms with E-state index in [9.17, 15) is 9.59 Å². The molecule has 1 aliphatic rings. The van der Waals surface area contributed by atoms with Crippen LogP contribution in [0.1, 0.15) is 30.5 Å². The number of carbonyl (C=O) groups excluding carboxylic acids is 2. The Morgan fingerprint density at radius 3 is 2.18 bits per heavy atom. The number of aryl methyl sites for hydroxylation is 2. The van der Waals surface area contributed by atoms with Gasteiger partial charge in [-0.25, -0.2) is 4.90 Å². The highest BCUT2D eigenvalue weighted by molar-refractivity contribution is 6.46. The van der Waals surface area contributed by atoms with E-state index in [2.05, 4.69) is 5.32 Å². The van der Waals surface area contributed by atoms with Crippen molar-refractivity contribution in [3.05, 3.63) is 89.1 Å². The Morgan fingerprint density at radius 2 is 1.50 bits per heavy atom. The summed E-state index contributed by atoms with van der Waals surface area (Å²) in [4.78, 5) is 28.6. The zero-order valence-electron chi connectivity index (χ0n) is 19.8. The predicted octanol–water partition coefficient (Wildman–Crippen LogP) is 5.50. The number of imide groups is 1. The van der Waals surface area contributed by atoms with Crippen molar-refractivity contribution in [1.29, 1.82) is 0 Å². The van der Waals surface area contributed by atoms with Crippen LogP contribution in [-0.2, 0) is 9.59 Å². The van der Waals surface area contributed by atoms with E-state index >= 15 is 0 Å². The number of benzene rings is 3. The third kappa shape index (κ3) is 4.39. The Hall–Kier alpha value is -4.06. The van der Waals surface area contributed by atoms with Crippen molar-refractivity contribution in [2.45, 2.75) is 27.7 Å². The maximum absolute atomic E-state index is 13.7. The molecule has 0 saturated heterocycles. The number of anilines is 2. The van der Waals surface area contributed by atoms with E-state index in [4.69, 9.17) is 9.47 Å². The van der Waals surface area contributed by atoms with Crippen molar-refractivity contribution < 1.29 is 19.1 Å². The fraction of sp³-hybridized carbons (Fsp3) is 0.214. The van der Waals surface area contributed by atoms with E-state index < -0.39 is 11.8 Å². The van der Waals surface area contributed by atoms with Gasteiger partial charge in [-0.1, -0.05) is 30.3 Å². The molecular weight excluding hydrogens is 428 g/mol. The smallest absolute Gasteiger partial charge is 0.282 e. The molecule has 4 rings (SSSR count). The maximum atomic E-state index is 13.7. The summed E-state index contributed by atoms with van der Waals surface area (Å²) >= 11 is 0. The standard InChI is InChI=1S/C28H28N2O4/c1-5-33-22-15-13-21(14-16-22)29-26-25(20-12-11-18(3)19(4)17-20)27(31)30(28(26)32)23-9-7-8-10-24(23)34-6-2/h7-17,29H,5-6H2,1-4H3. The van der Waals surface area contributed by atoms with Crippen molar-refractivity contribution in [2.75, 3.05) is 23.4 Å². The highest BCUT2D eigenvalue weighted by Crippen LogP contribution is 2.38. The van der Waals surface area contributed by atoms with Crippen LogP contribution in [0.2, 0.25) is 0 Å². The van der Waals surface area contributed by atoms with Crippen LogP contribution in [0.5, 0.6) is 11.5 Å². The lowest BCUT2D eigenvalue weighted by Gasteiger charge is -2.19. The highest BCUT2D eigenvalue weighted by atomic mass is 16.5. The van der Waals surface area contributed by atoms with Gasteiger partial charge in [0.2, 0.25) is 0 Å². The van der Waals surface area contributed by atoms with Gasteiger partial charge in [0.15, 0.2) is 0 Å². The number of hydrogen-bond donors (Lipinski definition) is 1. The Bertz CT molecular complexity index is 1260. The van der Waals surface area contributed by atoms with E-state index in [0.717, 1.165) is 16.9 Å². The van der Waals surface area contributed by atoms with E-state index in [1.54, 1.807) is 18.2 Å². The molecule has 0 spiro atoms. The number of nitrogens with one attached hydrogen (secondary N) is 1. The van der Waals surface area contributed by atoms with Crippen LogP contribution in [0.25, 0.3) is 5.57 Å². The number of hydrogen-bond acceptors (Lipinski definition) is 5. The minimum Gasteiger partial charge on any atom is -0.494 e. The molecule has 0 atom stereocenters. The number of carbonyl (C=O) groups is 2. The van der Waals surface area contributed by atoms with Gasteiger partial charge >= 0.3 is 0 Å². The first kappa shape index (κ1) is 23.1. The lowest BCUT2D eigenvalue weighted by Crippen LogP contribution is -2.32. The number of ether oxygens (including phenoxy) is 2. The van der Waals surface area contributed by atoms with Gasteiger partial charge in [0.05, 0.1) is 24.5 Å². The molecule has 2 amide bonds. The second kappa shape index (κ2) is 9.83. The molecule has 174 valence electrons. The molecular formula is C28H28N2O4. The zero-order valence-corrected chi connectivity index (χ0v) is 19.8. The Morgan fingerprint density at radius 1 is 0.794 bits per heavy atom. The topological polar surface area (TPSA) is 67.9 Å². The average molecular weight is 457 g/mol. The van der Waals surface area contributed by atoms with Gasteiger partial charge in [-0.15, -0.1) is 0 Å². The summed E-state index contributed by atoms with van der Waals surface area (Å²) in [5.74, 6) is 0.388. The van der Waals surface area contributed by atoms with Crippen LogP contribution in [0.3, 0.4) is 0 Å². The van der Waals surface area contributed by atoms with Gasteiger partial charge in [-0.2, -0.15) is 0 Å². The second-order valence-electron chi connectivity index (χ2n) is 7.98. The van der Waals surface area contributed by atoms with Crippen molar-refractivity contribution in [3.8, 4) is 11.5 Å². The molecule has 1 aliphatic heterocycles. The lowest BCUT2D eigenvalue weighted by atomic mass is 9.99. The predicted molar refractivity (Wildman–Crippen MR) is 134 cm³/mol. The molecule has 1 N–H and O–H groups in total. The number of amides is 2. The average Bonchev–Trinajstić information content (AvgIpc) is 3.07. The van der Waals surface area contributed by atoms with Crippen LogP contribution in [0.4, 0.5) is 11.4 Å². The molecule has 0 fully saturated rings. The summed E-state index contributed by atoms with van der Waals surface area (Å²) in [7, 11) is 0. The van der Waals surface area contributed by atoms with E-state index in [0.29, 0.717) is 41.5 Å². The molecule has 0 bridgehead atoms. The van der Waals surface area contributed by atoms with Crippen LogP contribution in [-0.4, -0.2) is 25.0 Å². The molecule has 1 heterocycles. The van der Waals surface area contributed by atoms with Crippen molar-refractivity contribution in [1.82, 2.24) is 0 Å². The van der Waals surface area contributed by atoms with Gasteiger partial charge in [-0.05, 0) is 80.8 Å². The fourth-order valence-corrected chi connectivity index (χ4v) is 3.89. The fourth-order valence-electron chi connectivity index (χ4n) is 3.89. The van der Waals surface area contributed by atoms with Crippen LogP contribution in [0, 0.1) is 13.8 Å². The SMILES string of the molecule is CCOc1ccc(NC2=C(c3ccc(C)c(C)c3)C(=O)N(c3ccccc3OCC)C2=O)cc1. The van der Waals surface area contributed by atoms with E-state index in [1.165, 1.54) is 4.90 Å². The van der Waals surface area contributed by atoms with Gasteiger partial charge < -0.3 is 14.8 Å². The van der Waals surface area contributed by atoms with Gasteiger partial charge in [0, 0.05) is 5.69 Å². The first-order chi connectivity index (χ1) is 16.4. The minimum atomic E-state index is -0.431. The summed E-state index contributed by atoms with van der Waals surface area (Å²) in [5.41, 5.74) is 4.49. The van der Waals surface area contributed by atoms with E-state index in [-0.39, 0.29) is 5.70 Å². The van der Waals surface area contributed by atoms with Crippen LogP contribution < -0.4 is 19.7 Å². The summed E-state index contributed by atoms with van der Waals surface area (Å²) in [6.07, 6.45) is 0. The molecule has 0 unspecified atom stereocenters. The summed E-state index contributed by atoms with van der Waals surface area (Å²) in [5, 5.41) is 3.20. The number of nitrogens with zero attached hydrogens (tertiary/aromatic N) is 1. The maximum Gasteiger partial charge on any atom is 0.282 e. The first-order valence-electron chi connectivity index (χ1n) is 11.4. The summed E-state index contributed by atoms with van der Waals surface area (Å²) in [6.45, 7) is 8.77. The molecule has 3 aromatic rings. The Kier molecular flexibility index (Phi) is 6.68. The number of para-hydroxylation sites is 2. The van der Waals surface area contributed by atoms with Crippen molar-refractivity contribution in [2.24, 2.45) is 0 Å². The van der Waals surface area contributed by atoms with Gasteiger partial charge in [0.1, 0.15) is 17.2 Å². The third-order valence-electron chi connectivity index (χ3n) is 5.72. The molecule has 3 aromatic carbocycles. The Balaban J connectivity index is 1.80. The normalized spacial score (nSPS) is 13.5. The molecule has 34 heavy (non-hydrogen) atoms. The van der Waals surface area contributed by atoms with Crippen LogP contribution in [0.15, 0.2) is 72.4 Å². The first-order valence-corrected chi connectivity index (χ1v) is 11.4. The van der Waals surface area contributed by atoms with Crippen LogP contribution >= 0.6 is 0 Å². The zero-order chi connectivity index (χ0) is 24.2. The molecule has 0 saturated carbocycles. The minimum absolute atomic E-state index is 0.226. The van der Waals surface area contributed by atoms with Crippen molar-refractivity contribution in [3.63, 3.8) is 0 Å². The summed E-state index contributed by atoms with van der Waals surface area (Å²) < 4.78 is 11.2. The molecule has 0 aromatic heterocycles. The largest absolute Gasteiger partial charge is 0.494 e. The Labute approximate surface area is 199 Å². The molecule has 0 aliphatic carbocycles. The molecule has 6 heteroatoms. The lowest BCUT2D eigenvalue weighted by molar-refractivity contribution is -0.120. The highest BCUT2D eigenvalue weighted by Gasteiger charge is 2.41. The monoisotopic (exact) mass is 456 g/mol. The van der Waals surface area contributed by atoms with E-state index in [1.807, 2.05) is 76.2 Å². The molecule has 6 nitrogen and oxygen atoms in total. The molecule has 0 radical (unpaired) electrons. The van der Waals surface area contributed by atoms with Gasteiger partial charge in [0.25, 0.3) is 11.8 Å². The van der Waals surface area contributed by atoms with Gasteiger partial charge in [-0.3, -0.25) is 9.59 Å². The quantitative estimate of drug-likeness (QED) is 0.454. The number of rotatable bonds is 8. The summed E-state index contributed by atoms with van der Waals surface area (Å²) in [6, 6.07) is 20.1. The second-order valence-corrected chi connectivity index (χ2v) is 7.98. The third-order valence-corrected chi connectivity index (χ3v) is 5.72. The van der Waals surface area contributed by atoms with Crippen molar-refractivity contribution >= 4 is 28.8 Å².